The Balaban J connectivity index is 1.93. The van der Waals surface area contributed by atoms with Crippen molar-refractivity contribution >= 4 is 0 Å². The van der Waals surface area contributed by atoms with Crippen LogP contribution in [0.3, 0.4) is 0 Å². The Kier molecular flexibility index (Phi) is 7.06. The van der Waals surface area contributed by atoms with Crippen molar-refractivity contribution in [1.29, 1.82) is 0 Å². The molecule has 1 fully saturated rings. The molecule has 2 N–H and O–H groups in total. The van der Waals surface area contributed by atoms with Crippen LogP contribution in [0.25, 0.3) is 0 Å². The molecule has 14 heavy (non-hydrogen) atoms. The molecule has 0 saturated heterocycles. The van der Waals surface area contributed by atoms with Crippen LogP contribution < -0.4 is 10.6 Å². The molecule has 0 unspecified atom stereocenters. The van der Waals surface area contributed by atoms with Gasteiger partial charge in [-0.3, -0.25) is 0 Å². The van der Waals surface area contributed by atoms with E-state index in [2.05, 4.69) is 17.6 Å². The van der Waals surface area contributed by atoms with Gasteiger partial charge in [0.15, 0.2) is 0 Å². The maximum atomic E-state index is 3.56. The Morgan fingerprint density at radius 3 is 2.21 bits per heavy atom. The Labute approximate surface area is 88.8 Å². The first-order chi connectivity index (χ1) is 6.93. The minimum Gasteiger partial charge on any atom is -0.316 e. The van der Waals surface area contributed by atoms with Crippen molar-refractivity contribution < 1.29 is 0 Å². The van der Waals surface area contributed by atoms with E-state index in [1.54, 1.807) is 0 Å². The normalized spacial score (nSPS) is 19.5. The summed E-state index contributed by atoms with van der Waals surface area (Å²) in [4.78, 5) is 0. The van der Waals surface area contributed by atoms with Crippen LogP contribution in [0.15, 0.2) is 0 Å². The Morgan fingerprint density at radius 1 is 0.929 bits per heavy atom. The van der Waals surface area contributed by atoms with Crippen molar-refractivity contribution in [2.45, 2.75) is 45.4 Å². The molecule has 0 bridgehead atoms. The molecule has 2 nitrogen and oxygen atoms in total. The molecule has 1 saturated carbocycles. The zero-order valence-electron chi connectivity index (χ0n) is 9.65. The average molecular weight is 198 g/mol. The highest BCUT2D eigenvalue weighted by molar-refractivity contribution is 4.67. The third-order valence-electron chi connectivity index (χ3n) is 3.14. The lowest BCUT2D eigenvalue weighted by atomic mass is 10.0. The fourth-order valence-corrected chi connectivity index (χ4v) is 2.23. The summed E-state index contributed by atoms with van der Waals surface area (Å²) in [6, 6.07) is 0. The van der Waals surface area contributed by atoms with Crippen LogP contribution in [0.4, 0.5) is 0 Å². The predicted molar refractivity (Wildman–Crippen MR) is 62.6 cm³/mol. The minimum absolute atomic E-state index is 0.958. The van der Waals surface area contributed by atoms with Crippen LogP contribution in [0.5, 0.6) is 0 Å². The lowest BCUT2D eigenvalue weighted by Gasteiger charge is -2.14. The van der Waals surface area contributed by atoms with E-state index in [1.165, 1.54) is 45.1 Å². The summed E-state index contributed by atoms with van der Waals surface area (Å²) in [7, 11) is 0. The fraction of sp³-hybridized carbons (Fsp3) is 1.00. The standard InChI is InChI=1S/C12H26N2/c1-2-13-9-10-14-11-12-7-5-3-4-6-8-12/h12-14H,2-11H2,1H3. The lowest BCUT2D eigenvalue weighted by Crippen LogP contribution is -2.30. The smallest absolute Gasteiger partial charge is 0.00768 e. The van der Waals surface area contributed by atoms with Gasteiger partial charge in [-0.05, 0) is 31.8 Å². The number of hydrogen-bond donors (Lipinski definition) is 2. The van der Waals surface area contributed by atoms with Crippen molar-refractivity contribution in [3.05, 3.63) is 0 Å². The Bertz CT molecular complexity index is 117. The summed E-state index contributed by atoms with van der Waals surface area (Å²) in [6.07, 6.45) is 8.75. The van der Waals surface area contributed by atoms with E-state index in [0.29, 0.717) is 0 Å². The van der Waals surface area contributed by atoms with Crippen LogP contribution in [-0.2, 0) is 0 Å². The molecule has 0 heterocycles. The third kappa shape index (κ3) is 5.61. The zero-order valence-corrected chi connectivity index (χ0v) is 9.65. The number of nitrogens with one attached hydrogen (secondary N) is 2. The number of likely N-dealkylation sites (N-methyl/N-ethyl adjacent to an activating group) is 1. The zero-order chi connectivity index (χ0) is 10.1. The Hall–Kier alpha value is -0.0800. The molecule has 0 spiro atoms. The monoisotopic (exact) mass is 198 g/mol. The van der Waals surface area contributed by atoms with Gasteiger partial charge < -0.3 is 10.6 Å². The average Bonchev–Trinajstić information content (AvgIpc) is 2.46. The van der Waals surface area contributed by atoms with Gasteiger partial charge in [-0.2, -0.15) is 0 Å². The van der Waals surface area contributed by atoms with Gasteiger partial charge in [0, 0.05) is 13.1 Å². The van der Waals surface area contributed by atoms with E-state index in [-0.39, 0.29) is 0 Å². The molecular weight excluding hydrogens is 172 g/mol. The highest BCUT2D eigenvalue weighted by Gasteiger charge is 2.10. The predicted octanol–water partition coefficient (Wildman–Crippen LogP) is 2.16. The molecule has 0 radical (unpaired) electrons. The lowest BCUT2D eigenvalue weighted by molar-refractivity contribution is 0.424. The van der Waals surface area contributed by atoms with Crippen LogP contribution in [0.2, 0.25) is 0 Å². The molecular formula is C12H26N2. The van der Waals surface area contributed by atoms with Gasteiger partial charge in [0.2, 0.25) is 0 Å². The first-order valence-corrected chi connectivity index (χ1v) is 6.35. The second kappa shape index (κ2) is 8.25. The van der Waals surface area contributed by atoms with E-state index in [0.717, 1.165) is 25.6 Å². The molecule has 84 valence electrons. The summed E-state index contributed by atoms with van der Waals surface area (Å²) in [5.41, 5.74) is 0. The first-order valence-electron chi connectivity index (χ1n) is 6.35. The second-order valence-corrected chi connectivity index (χ2v) is 4.42. The number of hydrogen-bond acceptors (Lipinski definition) is 2. The molecule has 1 rings (SSSR count). The quantitative estimate of drug-likeness (QED) is 0.505. The maximum absolute atomic E-state index is 3.56. The SMILES string of the molecule is CCNCCNCC1CCCCCC1. The van der Waals surface area contributed by atoms with Crippen molar-refractivity contribution in [1.82, 2.24) is 10.6 Å². The largest absolute Gasteiger partial charge is 0.316 e. The van der Waals surface area contributed by atoms with Gasteiger partial charge in [-0.25, -0.2) is 0 Å². The van der Waals surface area contributed by atoms with E-state index in [9.17, 15) is 0 Å². The summed E-state index contributed by atoms with van der Waals surface area (Å²) in [5, 5.41) is 6.89. The van der Waals surface area contributed by atoms with E-state index in [1.807, 2.05) is 0 Å². The first kappa shape index (κ1) is 12.0. The Morgan fingerprint density at radius 2 is 1.57 bits per heavy atom. The molecule has 0 amide bonds. The van der Waals surface area contributed by atoms with Crippen molar-refractivity contribution in [2.24, 2.45) is 5.92 Å². The summed E-state index contributed by atoms with van der Waals surface area (Å²) < 4.78 is 0. The fourth-order valence-electron chi connectivity index (χ4n) is 2.23. The molecule has 0 aliphatic heterocycles. The topological polar surface area (TPSA) is 24.1 Å². The minimum atomic E-state index is 0.958. The van der Waals surface area contributed by atoms with Crippen LogP contribution in [0.1, 0.15) is 45.4 Å². The summed E-state index contributed by atoms with van der Waals surface area (Å²) >= 11 is 0. The van der Waals surface area contributed by atoms with Crippen LogP contribution >= 0.6 is 0 Å². The molecule has 1 aliphatic rings. The maximum Gasteiger partial charge on any atom is 0.00768 e. The van der Waals surface area contributed by atoms with Crippen LogP contribution in [0, 0.1) is 5.92 Å². The molecule has 0 aromatic carbocycles. The van der Waals surface area contributed by atoms with E-state index in [4.69, 9.17) is 0 Å². The highest BCUT2D eigenvalue weighted by Crippen LogP contribution is 2.21. The van der Waals surface area contributed by atoms with Crippen molar-refractivity contribution in [3.63, 3.8) is 0 Å². The second-order valence-electron chi connectivity index (χ2n) is 4.42. The molecule has 0 aromatic heterocycles. The third-order valence-corrected chi connectivity index (χ3v) is 3.14. The van der Waals surface area contributed by atoms with Crippen molar-refractivity contribution in [2.75, 3.05) is 26.2 Å². The molecule has 0 atom stereocenters. The van der Waals surface area contributed by atoms with Gasteiger partial charge in [0.25, 0.3) is 0 Å². The van der Waals surface area contributed by atoms with Gasteiger partial charge in [-0.15, -0.1) is 0 Å². The van der Waals surface area contributed by atoms with Gasteiger partial charge >= 0.3 is 0 Å². The van der Waals surface area contributed by atoms with Gasteiger partial charge in [0.05, 0.1) is 0 Å². The molecule has 0 aromatic rings. The van der Waals surface area contributed by atoms with Gasteiger partial charge in [0.1, 0.15) is 0 Å². The highest BCUT2D eigenvalue weighted by atomic mass is 14.9. The molecule has 1 aliphatic carbocycles. The summed E-state index contributed by atoms with van der Waals surface area (Å²) in [5.74, 6) is 0.958. The van der Waals surface area contributed by atoms with Gasteiger partial charge in [-0.1, -0.05) is 32.6 Å². The van der Waals surface area contributed by atoms with E-state index >= 15 is 0 Å². The number of rotatable bonds is 6. The van der Waals surface area contributed by atoms with E-state index < -0.39 is 0 Å². The summed E-state index contributed by atoms with van der Waals surface area (Å²) in [6.45, 7) is 6.73. The molecule has 2 heteroatoms. The van der Waals surface area contributed by atoms with Crippen LogP contribution in [-0.4, -0.2) is 26.2 Å². The van der Waals surface area contributed by atoms with Crippen molar-refractivity contribution in [3.8, 4) is 0 Å².